The smallest absolute Gasteiger partial charge is 0.323 e. The zero-order valence-electron chi connectivity index (χ0n) is 11.8. The number of urea groups is 1. The number of nitrogens with zero attached hydrogens (tertiary/aromatic N) is 1. The van der Waals surface area contributed by atoms with Gasteiger partial charge in [0.2, 0.25) is 0 Å². The molecule has 4 nitrogen and oxygen atoms in total. The van der Waals surface area contributed by atoms with Gasteiger partial charge in [-0.1, -0.05) is 50.1 Å². The highest BCUT2D eigenvalue weighted by Gasteiger charge is 2.54. The molecule has 20 heavy (non-hydrogen) atoms. The second-order valence-corrected chi connectivity index (χ2v) is 5.93. The molecule has 1 aliphatic carbocycles. The second-order valence-electron chi connectivity index (χ2n) is 5.93. The van der Waals surface area contributed by atoms with Gasteiger partial charge in [-0.05, 0) is 24.3 Å². The maximum absolute atomic E-state index is 12.8. The first kappa shape index (κ1) is 13.2. The van der Waals surface area contributed by atoms with Crippen LogP contribution in [0.3, 0.4) is 0 Å². The lowest BCUT2D eigenvalue weighted by Crippen LogP contribution is -2.53. The van der Waals surface area contributed by atoms with Gasteiger partial charge in [-0.25, -0.2) is 4.79 Å². The molecule has 1 heterocycles. The summed E-state index contributed by atoms with van der Waals surface area (Å²) < 4.78 is 0. The van der Waals surface area contributed by atoms with Crippen LogP contribution < -0.4 is 5.32 Å². The summed E-state index contributed by atoms with van der Waals surface area (Å²) in [4.78, 5) is 26.3. The Morgan fingerprint density at radius 2 is 2.00 bits per heavy atom. The molecule has 3 amide bonds. The molecule has 106 valence electrons. The third-order valence-corrected chi connectivity index (χ3v) is 4.68. The Balaban J connectivity index is 1.83. The van der Waals surface area contributed by atoms with Crippen molar-refractivity contribution in [1.82, 2.24) is 10.2 Å². The van der Waals surface area contributed by atoms with Gasteiger partial charge in [-0.15, -0.1) is 0 Å². The first-order valence-corrected chi connectivity index (χ1v) is 7.31. The molecule has 1 spiro atoms. The monoisotopic (exact) mass is 272 g/mol. The lowest BCUT2D eigenvalue weighted by Gasteiger charge is -2.36. The zero-order chi connectivity index (χ0) is 14.2. The van der Waals surface area contributed by atoms with Crippen LogP contribution in [-0.2, 0) is 11.3 Å². The average molecular weight is 272 g/mol. The van der Waals surface area contributed by atoms with E-state index in [1.54, 1.807) is 0 Å². The minimum absolute atomic E-state index is 0.0430. The van der Waals surface area contributed by atoms with E-state index in [1.165, 1.54) is 4.90 Å². The van der Waals surface area contributed by atoms with Crippen molar-refractivity contribution in [2.75, 3.05) is 0 Å². The lowest BCUT2D eigenvalue weighted by molar-refractivity contribution is -0.134. The van der Waals surface area contributed by atoms with Gasteiger partial charge in [-0.2, -0.15) is 0 Å². The summed E-state index contributed by atoms with van der Waals surface area (Å²) in [6.45, 7) is 2.43. The van der Waals surface area contributed by atoms with E-state index >= 15 is 0 Å². The molecule has 2 unspecified atom stereocenters. The minimum atomic E-state index is -0.649. The molecule has 1 saturated heterocycles. The van der Waals surface area contributed by atoms with Gasteiger partial charge in [-0.3, -0.25) is 9.69 Å². The van der Waals surface area contributed by atoms with Crippen molar-refractivity contribution in [1.29, 1.82) is 0 Å². The third-order valence-electron chi connectivity index (χ3n) is 4.68. The summed E-state index contributed by atoms with van der Waals surface area (Å²) in [5, 5.41) is 2.98. The van der Waals surface area contributed by atoms with Gasteiger partial charge < -0.3 is 5.32 Å². The van der Waals surface area contributed by atoms with Gasteiger partial charge in [0.15, 0.2) is 0 Å². The van der Waals surface area contributed by atoms with E-state index in [2.05, 4.69) is 12.2 Å². The Labute approximate surface area is 119 Å². The highest BCUT2D eigenvalue weighted by Crippen LogP contribution is 2.38. The predicted molar refractivity (Wildman–Crippen MR) is 75.9 cm³/mol. The molecule has 1 aromatic carbocycles. The van der Waals surface area contributed by atoms with Crippen LogP contribution in [0.5, 0.6) is 0 Å². The Kier molecular flexibility index (Phi) is 3.24. The Hall–Kier alpha value is -1.84. The molecule has 0 radical (unpaired) electrons. The number of carbonyl (C=O) groups excluding carboxylic acids is 2. The highest BCUT2D eigenvalue weighted by atomic mass is 16.2. The quantitative estimate of drug-likeness (QED) is 0.841. The predicted octanol–water partition coefficient (Wildman–Crippen LogP) is 2.69. The van der Waals surface area contributed by atoms with Crippen LogP contribution in [0.4, 0.5) is 4.79 Å². The number of carbonyl (C=O) groups is 2. The number of imide groups is 1. The van der Waals surface area contributed by atoms with Crippen molar-refractivity contribution >= 4 is 11.9 Å². The summed E-state index contributed by atoms with van der Waals surface area (Å²) in [6, 6.07) is 9.42. The topological polar surface area (TPSA) is 49.4 Å². The molecule has 0 bridgehead atoms. The molecule has 1 aliphatic heterocycles. The number of benzene rings is 1. The molecule has 1 saturated carbocycles. The molecule has 2 atom stereocenters. The zero-order valence-corrected chi connectivity index (χ0v) is 11.8. The maximum Gasteiger partial charge on any atom is 0.325 e. The number of nitrogens with one attached hydrogen (secondary N) is 1. The molecule has 1 aromatic rings. The molecular weight excluding hydrogens is 252 g/mol. The van der Waals surface area contributed by atoms with Gasteiger partial charge in [0.05, 0.1) is 6.54 Å². The summed E-state index contributed by atoms with van der Waals surface area (Å²) in [7, 11) is 0. The van der Waals surface area contributed by atoms with Crippen molar-refractivity contribution in [3.8, 4) is 0 Å². The van der Waals surface area contributed by atoms with E-state index in [0.29, 0.717) is 6.54 Å². The third kappa shape index (κ3) is 1.99. The fourth-order valence-corrected chi connectivity index (χ4v) is 3.40. The summed E-state index contributed by atoms with van der Waals surface area (Å²) >= 11 is 0. The van der Waals surface area contributed by atoms with Crippen molar-refractivity contribution in [3.63, 3.8) is 0 Å². The van der Waals surface area contributed by atoms with E-state index in [0.717, 1.165) is 31.2 Å². The van der Waals surface area contributed by atoms with E-state index in [-0.39, 0.29) is 17.9 Å². The molecule has 1 N–H and O–H groups in total. The van der Waals surface area contributed by atoms with Gasteiger partial charge in [0.1, 0.15) is 5.54 Å². The molecule has 3 rings (SSSR count). The number of rotatable bonds is 2. The van der Waals surface area contributed by atoms with Crippen LogP contribution in [0, 0.1) is 5.92 Å². The molecule has 2 aliphatic rings. The first-order chi connectivity index (χ1) is 9.63. The molecular formula is C16H20N2O2. The largest absolute Gasteiger partial charge is 0.325 e. The SMILES string of the molecule is CC1CCCCC12NC(=O)N(Cc1ccccc1)C2=O. The van der Waals surface area contributed by atoms with Crippen molar-refractivity contribution in [3.05, 3.63) is 35.9 Å². The first-order valence-electron chi connectivity index (χ1n) is 7.31. The van der Waals surface area contributed by atoms with E-state index in [9.17, 15) is 9.59 Å². The van der Waals surface area contributed by atoms with E-state index in [1.807, 2.05) is 30.3 Å². The highest BCUT2D eigenvalue weighted by molar-refractivity contribution is 6.07. The fraction of sp³-hybridized carbons (Fsp3) is 0.500. The number of hydrogen-bond donors (Lipinski definition) is 1. The summed E-state index contributed by atoms with van der Waals surface area (Å²) in [5.74, 6) is 0.173. The normalized spacial score (nSPS) is 29.9. The minimum Gasteiger partial charge on any atom is -0.323 e. The molecule has 4 heteroatoms. The van der Waals surface area contributed by atoms with Crippen LogP contribution in [0.1, 0.15) is 38.2 Å². The lowest BCUT2D eigenvalue weighted by atomic mass is 9.73. The Bertz CT molecular complexity index is 529. The summed E-state index contributed by atoms with van der Waals surface area (Å²) in [6.07, 6.45) is 3.93. The average Bonchev–Trinajstić information content (AvgIpc) is 2.69. The second kappa shape index (κ2) is 4.93. The van der Waals surface area contributed by atoms with Crippen LogP contribution in [-0.4, -0.2) is 22.4 Å². The van der Waals surface area contributed by atoms with E-state index in [4.69, 9.17) is 0 Å². The number of hydrogen-bond acceptors (Lipinski definition) is 2. The van der Waals surface area contributed by atoms with Crippen LogP contribution in [0.2, 0.25) is 0 Å². The summed E-state index contributed by atoms with van der Waals surface area (Å²) in [5.41, 5.74) is 0.334. The van der Waals surface area contributed by atoms with Crippen LogP contribution in [0.15, 0.2) is 30.3 Å². The number of amides is 3. The van der Waals surface area contributed by atoms with Gasteiger partial charge in [0.25, 0.3) is 5.91 Å². The van der Waals surface area contributed by atoms with Crippen molar-refractivity contribution in [2.45, 2.75) is 44.7 Å². The Morgan fingerprint density at radius 3 is 2.70 bits per heavy atom. The van der Waals surface area contributed by atoms with Crippen molar-refractivity contribution in [2.24, 2.45) is 5.92 Å². The molecule has 0 aromatic heterocycles. The van der Waals surface area contributed by atoms with E-state index < -0.39 is 5.54 Å². The fourth-order valence-electron chi connectivity index (χ4n) is 3.40. The van der Waals surface area contributed by atoms with Crippen LogP contribution in [0.25, 0.3) is 0 Å². The van der Waals surface area contributed by atoms with Crippen molar-refractivity contribution < 1.29 is 9.59 Å². The maximum atomic E-state index is 12.8. The Morgan fingerprint density at radius 1 is 1.25 bits per heavy atom. The van der Waals surface area contributed by atoms with Crippen LogP contribution >= 0.6 is 0 Å². The standard InChI is InChI=1S/C16H20N2O2/c1-12-7-5-6-10-16(12)14(19)18(15(20)17-16)11-13-8-3-2-4-9-13/h2-4,8-9,12H,5-7,10-11H2,1H3,(H,17,20). The van der Waals surface area contributed by atoms with Gasteiger partial charge in [0, 0.05) is 0 Å². The van der Waals surface area contributed by atoms with Gasteiger partial charge >= 0.3 is 6.03 Å². The molecule has 2 fully saturated rings.